The van der Waals surface area contributed by atoms with Crippen molar-refractivity contribution in [1.29, 1.82) is 5.41 Å². The molecule has 2 aromatic rings. The lowest BCUT2D eigenvalue weighted by atomic mass is 10.2. The summed E-state index contributed by atoms with van der Waals surface area (Å²) in [6.45, 7) is 2.73. The standard InChI is InChI=1S/C14H17N3O2S/c1-9-3-5-10(6-4-9)19-8-12-17-11(7-18-2)13(20-12)14(15)16/h3-6H,7-8H2,1-2H3,(H3,15,16). The van der Waals surface area contributed by atoms with Crippen LogP contribution in [0.5, 0.6) is 5.75 Å². The molecule has 0 atom stereocenters. The molecule has 0 aliphatic carbocycles. The fourth-order valence-electron chi connectivity index (χ4n) is 1.69. The van der Waals surface area contributed by atoms with Gasteiger partial charge < -0.3 is 15.2 Å². The number of nitrogen functional groups attached to an aromatic ring is 1. The Balaban J connectivity index is 2.07. The fourth-order valence-corrected chi connectivity index (χ4v) is 2.53. The zero-order valence-electron chi connectivity index (χ0n) is 11.5. The molecule has 0 saturated heterocycles. The Labute approximate surface area is 121 Å². The smallest absolute Gasteiger partial charge is 0.140 e. The van der Waals surface area contributed by atoms with Crippen LogP contribution in [0.3, 0.4) is 0 Å². The van der Waals surface area contributed by atoms with Crippen molar-refractivity contribution in [3.63, 3.8) is 0 Å². The minimum absolute atomic E-state index is 0.0103. The third kappa shape index (κ3) is 3.55. The molecule has 0 bridgehead atoms. The Morgan fingerprint density at radius 1 is 1.30 bits per heavy atom. The van der Waals surface area contributed by atoms with Gasteiger partial charge in [0.25, 0.3) is 0 Å². The van der Waals surface area contributed by atoms with Crippen LogP contribution in [0.15, 0.2) is 24.3 Å². The first-order valence-corrected chi connectivity index (χ1v) is 6.93. The van der Waals surface area contributed by atoms with E-state index < -0.39 is 0 Å². The monoisotopic (exact) mass is 291 g/mol. The SMILES string of the molecule is COCc1nc(COc2ccc(C)cc2)sc1C(=N)N. The predicted molar refractivity (Wildman–Crippen MR) is 79.4 cm³/mol. The lowest BCUT2D eigenvalue weighted by molar-refractivity contribution is 0.181. The molecule has 6 heteroatoms. The summed E-state index contributed by atoms with van der Waals surface area (Å²) in [7, 11) is 1.59. The minimum Gasteiger partial charge on any atom is -0.486 e. The summed E-state index contributed by atoms with van der Waals surface area (Å²) in [4.78, 5) is 5.05. The van der Waals surface area contributed by atoms with E-state index in [9.17, 15) is 0 Å². The number of benzene rings is 1. The molecule has 5 nitrogen and oxygen atoms in total. The van der Waals surface area contributed by atoms with Crippen LogP contribution in [-0.4, -0.2) is 17.9 Å². The maximum Gasteiger partial charge on any atom is 0.140 e. The first-order valence-electron chi connectivity index (χ1n) is 6.11. The van der Waals surface area contributed by atoms with Crippen LogP contribution in [0.25, 0.3) is 0 Å². The van der Waals surface area contributed by atoms with Gasteiger partial charge in [0.15, 0.2) is 0 Å². The largest absolute Gasteiger partial charge is 0.486 e. The molecule has 3 N–H and O–H groups in total. The Kier molecular flexibility index (Phi) is 4.70. The lowest BCUT2D eigenvalue weighted by Gasteiger charge is -2.03. The molecule has 0 aliphatic heterocycles. The van der Waals surface area contributed by atoms with Crippen molar-refractivity contribution >= 4 is 17.2 Å². The molecule has 1 aromatic heterocycles. The second-order valence-electron chi connectivity index (χ2n) is 4.33. The average molecular weight is 291 g/mol. The van der Waals surface area contributed by atoms with E-state index in [2.05, 4.69) is 4.98 Å². The van der Waals surface area contributed by atoms with E-state index in [1.807, 2.05) is 31.2 Å². The third-order valence-electron chi connectivity index (χ3n) is 2.65. The van der Waals surface area contributed by atoms with E-state index in [0.717, 1.165) is 10.8 Å². The van der Waals surface area contributed by atoms with Gasteiger partial charge in [-0.05, 0) is 19.1 Å². The Morgan fingerprint density at radius 2 is 2.00 bits per heavy atom. The molecule has 0 unspecified atom stereocenters. The average Bonchev–Trinajstić information content (AvgIpc) is 2.82. The highest BCUT2D eigenvalue weighted by Crippen LogP contribution is 2.21. The van der Waals surface area contributed by atoms with Crippen LogP contribution in [0.1, 0.15) is 21.1 Å². The van der Waals surface area contributed by atoms with Gasteiger partial charge in [0.05, 0.1) is 17.2 Å². The van der Waals surface area contributed by atoms with E-state index in [1.54, 1.807) is 7.11 Å². The highest BCUT2D eigenvalue weighted by Gasteiger charge is 2.13. The number of rotatable bonds is 6. The summed E-state index contributed by atoms with van der Waals surface area (Å²) in [5.74, 6) is 0.805. The molecule has 0 fully saturated rings. The number of aryl methyl sites for hydroxylation is 1. The maximum atomic E-state index is 7.54. The molecule has 0 radical (unpaired) electrons. The molecule has 106 valence electrons. The molecule has 20 heavy (non-hydrogen) atoms. The summed E-state index contributed by atoms with van der Waals surface area (Å²) in [6.07, 6.45) is 0. The quantitative estimate of drug-likeness (QED) is 0.633. The number of methoxy groups -OCH3 is 1. The summed E-state index contributed by atoms with van der Waals surface area (Å²) in [6, 6.07) is 7.83. The first kappa shape index (κ1) is 14.5. The highest BCUT2D eigenvalue weighted by atomic mass is 32.1. The molecule has 2 rings (SSSR count). The number of hydrogen-bond acceptors (Lipinski definition) is 5. The van der Waals surface area contributed by atoms with Gasteiger partial charge >= 0.3 is 0 Å². The minimum atomic E-state index is 0.0103. The van der Waals surface area contributed by atoms with Crippen molar-refractivity contribution in [1.82, 2.24) is 4.98 Å². The molecular formula is C14H17N3O2S. The van der Waals surface area contributed by atoms with Gasteiger partial charge in [-0.3, -0.25) is 5.41 Å². The number of nitrogens with two attached hydrogens (primary N) is 1. The molecule has 0 saturated carbocycles. The second-order valence-corrected chi connectivity index (χ2v) is 5.42. The number of aromatic nitrogens is 1. The van der Waals surface area contributed by atoms with Crippen molar-refractivity contribution < 1.29 is 9.47 Å². The molecular weight excluding hydrogens is 274 g/mol. The molecule has 0 spiro atoms. The van der Waals surface area contributed by atoms with Gasteiger partial charge in [-0.25, -0.2) is 4.98 Å². The van der Waals surface area contributed by atoms with Gasteiger partial charge in [0.2, 0.25) is 0 Å². The summed E-state index contributed by atoms with van der Waals surface area (Å²) in [5.41, 5.74) is 7.41. The molecule has 1 heterocycles. The molecule has 0 aliphatic rings. The maximum absolute atomic E-state index is 7.54. The Hall–Kier alpha value is -1.92. The normalized spacial score (nSPS) is 10.5. The van der Waals surface area contributed by atoms with Gasteiger partial charge in [-0.2, -0.15) is 0 Å². The van der Waals surface area contributed by atoms with Crippen molar-refractivity contribution in [3.05, 3.63) is 45.4 Å². The number of thiazole rings is 1. The number of nitrogens with one attached hydrogen (secondary N) is 1. The summed E-state index contributed by atoms with van der Waals surface area (Å²) >= 11 is 1.36. The van der Waals surface area contributed by atoms with Crippen LogP contribution in [0, 0.1) is 12.3 Å². The number of ether oxygens (including phenoxy) is 2. The second kappa shape index (κ2) is 6.49. The van der Waals surface area contributed by atoms with Crippen LogP contribution in [0.2, 0.25) is 0 Å². The van der Waals surface area contributed by atoms with E-state index in [-0.39, 0.29) is 5.84 Å². The van der Waals surface area contributed by atoms with Crippen LogP contribution in [-0.2, 0) is 18.0 Å². The van der Waals surface area contributed by atoms with Crippen LogP contribution < -0.4 is 10.5 Å². The van der Waals surface area contributed by atoms with E-state index in [4.69, 9.17) is 20.6 Å². The van der Waals surface area contributed by atoms with Crippen molar-refractivity contribution in [2.24, 2.45) is 5.73 Å². The van der Waals surface area contributed by atoms with Gasteiger partial charge in [-0.1, -0.05) is 17.7 Å². The summed E-state index contributed by atoms with van der Waals surface area (Å²) in [5, 5.41) is 8.32. The number of nitrogens with zero attached hydrogens (tertiary/aromatic N) is 1. The molecule has 0 amide bonds. The third-order valence-corrected chi connectivity index (χ3v) is 3.76. The Bertz CT molecular complexity index is 593. The van der Waals surface area contributed by atoms with Crippen LogP contribution >= 0.6 is 11.3 Å². The van der Waals surface area contributed by atoms with Crippen molar-refractivity contribution in [2.45, 2.75) is 20.1 Å². The van der Waals surface area contributed by atoms with Crippen molar-refractivity contribution in [2.75, 3.05) is 7.11 Å². The highest BCUT2D eigenvalue weighted by molar-refractivity contribution is 7.13. The van der Waals surface area contributed by atoms with Gasteiger partial charge in [-0.15, -0.1) is 11.3 Å². The van der Waals surface area contributed by atoms with E-state index >= 15 is 0 Å². The van der Waals surface area contributed by atoms with Crippen LogP contribution in [0.4, 0.5) is 0 Å². The molecule has 1 aromatic carbocycles. The zero-order valence-corrected chi connectivity index (χ0v) is 12.3. The van der Waals surface area contributed by atoms with E-state index in [0.29, 0.717) is 23.8 Å². The van der Waals surface area contributed by atoms with E-state index in [1.165, 1.54) is 16.9 Å². The predicted octanol–water partition coefficient (Wildman–Crippen LogP) is 2.46. The topological polar surface area (TPSA) is 81.2 Å². The first-order chi connectivity index (χ1) is 9.60. The van der Waals surface area contributed by atoms with Gasteiger partial charge in [0.1, 0.15) is 23.2 Å². The number of amidine groups is 1. The fraction of sp³-hybridized carbons (Fsp3) is 0.286. The summed E-state index contributed by atoms with van der Waals surface area (Å²) < 4.78 is 10.7. The van der Waals surface area contributed by atoms with Gasteiger partial charge in [0, 0.05) is 7.11 Å². The lowest BCUT2D eigenvalue weighted by Crippen LogP contribution is -2.11. The zero-order chi connectivity index (χ0) is 14.5. The Morgan fingerprint density at radius 3 is 2.60 bits per heavy atom. The number of hydrogen-bond donors (Lipinski definition) is 2. The van der Waals surface area contributed by atoms with Crippen molar-refractivity contribution in [3.8, 4) is 5.75 Å².